The van der Waals surface area contributed by atoms with Crippen molar-refractivity contribution in [3.63, 3.8) is 0 Å². The molecule has 0 atom stereocenters. The van der Waals surface area contributed by atoms with Crippen molar-refractivity contribution in [2.24, 2.45) is 0 Å². The number of halogens is 1. The van der Waals surface area contributed by atoms with Crippen LogP contribution in [0.15, 0.2) is 18.2 Å². The van der Waals surface area contributed by atoms with E-state index in [0.29, 0.717) is 5.69 Å². The second-order valence-corrected chi connectivity index (χ2v) is 5.02. The van der Waals surface area contributed by atoms with Gasteiger partial charge in [0.15, 0.2) is 0 Å². The average molecular weight is 270 g/mol. The molecule has 1 aliphatic rings. The van der Waals surface area contributed by atoms with E-state index in [0.717, 1.165) is 25.9 Å². The minimum absolute atomic E-state index is 0.0295. The number of rotatable bonds is 3. The number of piperidine rings is 1. The smallest absolute Gasteiger partial charge is 0.310 e. The fraction of sp³-hybridized carbons (Fsp3) is 0.500. The molecule has 6 heteroatoms. The number of hydrogen-bond donors (Lipinski definition) is 1. The van der Waals surface area contributed by atoms with Gasteiger partial charge in [0.1, 0.15) is 10.7 Å². The Balaban J connectivity index is 2.14. The van der Waals surface area contributed by atoms with E-state index in [2.05, 4.69) is 17.3 Å². The van der Waals surface area contributed by atoms with E-state index >= 15 is 0 Å². The fourth-order valence-electron chi connectivity index (χ4n) is 2.19. The molecule has 1 saturated heterocycles. The normalized spacial score (nSPS) is 17.7. The Hall–Kier alpha value is -1.33. The van der Waals surface area contributed by atoms with Gasteiger partial charge in [-0.25, -0.2) is 0 Å². The molecule has 1 heterocycles. The van der Waals surface area contributed by atoms with E-state index in [4.69, 9.17) is 11.6 Å². The molecule has 1 aliphatic heterocycles. The van der Waals surface area contributed by atoms with E-state index in [-0.39, 0.29) is 16.8 Å². The number of para-hydroxylation sites is 1. The van der Waals surface area contributed by atoms with Crippen LogP contribution in [0.25, 0.3) is 0 Å². The molecule has 0 spiro atoms. The van der Waals surface area contributed by atoms with Crippen LogP contribution in [0, 0.1) is 10.1 Å². The molecule has 0 aliphatic carbocycles. The lowest BCUT2D eigenvalue weighted by molar-refractivity contribution is -0.383. The van der Waals surface area contributed by atoms with Crippen LogP contribution in [0.1, 0.15) is 12.8 Å². The molecule has 0 saturated carbocycles. The molecule has 98 valence electrons. The van der Waals surface area contributed by atoms with Crippen LogP contribution in [0.2, 0.25) is 5.02 Å². The van der Waals surface area contributed by atoms with Crippen LogP contribution < -0.4 is 5.32 Å². The summed E-state index contributed by atoms with van der Waals surface area (Å²) in [5.74, 6) is 0. The predicted molar refractivity (Wildman–Crippen MR) is 72.2 cm³/mol. The minimum atomic E-state index is -0.431. The highest BCUT2D eigenvalue weighted by atomic mass is 35.5. The Labute approximate surface area is 111 Å². The molecule has 0 radical (unpaired) electrons. The van der Waals surface area contributed by atoms with Gasteiger partial charge in [-0.15, -0.1) is 0 Å². The predicted octanol–water partition coefficient (Wildman–Crippen LogP) is 2.75. The zero-order valence-electron chi connectivity index (χ0n) is 10.2. The Bertz CT molecular complexity index is 445. The van der Waals surface area contributed by atoms with Gasteiger partial charge in [0, 0.05) is 6.04 Å². The molecule has 5 nitrogen and oxygen atoms in total. The van der Waals surface area contributed by atoms with E-state index < -0.39 is 4.92 Å². The number of hydrogen-bond acceptors (Lipinski definition) is 4. The van der Waals surface area contributed by atoms with E-state index in [1.165, 1.54) is 0 Å². The van der Waals surface area contributed by atoms with Crippen molar-refractivity contribution in [2.45, 2.75) is 18.9 Å². The van der Waals surface area contributed by atoms with Gasteiger partial charge in [0.05, 0.1) is 4.92 Å². The van der Waals surface area contributed by atoms with Crippen LogP contribution in [-0.4, -0.2) is 36.0 Å². The van der Waals surface area contributed by atoms with E-state index in [9.17, 15) is 10.1 Å². The first-order valence-corrected chi connectivity index (χ1v) is 6.33. The van der Waals surface area contributed by atoms with Gasteiger partial charge in [-0.1, -0.05) is 17.7 Å². The summed E-state index contributed by atoms with van der Waals surface area (Å²) in [4.78, 5) is 12.8. The van der Waals surface area contributed by atoms with Crippen molar-refractivity contribution in [3.8, 4) is 0 Å². The molecule has 1 aromatic rings. The standard InChI is InChI=1S/C12H16ClN3O2/c1-15-7-5-9(6-8-15)14-11-4-2-3-10(13)12(11)16(17)18/h2-4,9,14H,5-8H2,1H3. The van der Waals surface area contributed by atoms with Gasteiger partial charge >= 0.3 is 5.69 Å². The maximum Gasteiger partial charge on any atom is 0.310 e. The van der Waals surface area contributed by atoms with Crippen LogP contribution >= 0.6 is 11.6 Å². The molecule has 2 rings (SSSR count). The summed E-state index contributed by atoms with van der Waals surface area (Å²) in [7, 11) is 2.08. The van der Waals surface area contributed by atoms with Crippen LogP contribution in [0.4, 0.5) is 11.4 Å². The number of nitro benzene ring substituents is 1. The average Bonchev–Trinajstić information content (AvgIpc) is 2.32. The van der Waals surface area contributed by atoms with Crippen LogP contribution in [0.3, 0.4) is 0 Å². The first-order valence-electron chi connectivity index (χ1n) is 5.96. The zero-order valence-corrected chi connectivity index (χ0v) is 11.0. The summed E-state index contributed by atoms with van der Waals surface area (Å²) in [5.41, 5.74) is 0.486. The zero-order chi connectivity index (χ0) is 13.1. The topological polar surface area (TPSA) is 58.4 Å². The van der Waals surface area contributed by atoms with Gasteiger partial charge in [-0.05, 0) is 45.1 Å². The molecule has 0 amide bonds. The van der Waals surface area contributed by atoms with Gasteiger partial charge < -0.3 is 10.2 Å². The van der Waals surface area contributed by atoms with Crippen molar-refractivity contribution in [3.05, 3.63) is 33.3 Å². The SMILES string of the molecule is CN1CCC(Nc2cccc(Cl)c2[N+](=O)[O-])CC1. The van der Waals surface area contributed by atoms with Gasteiger partial charge in [-0.3, -0.25) is 10.1 Å². The summed E-state index contributed by atoms with van der Waals surface area (Å²) in [5, 5.41) is 14.4. The quantitative estimate of drug-likeness (QED) is 0.677. The van der Waals surface area contributed by atoms with Gasteiger partial charge in [0.2, 0.25) is 0 Å². The third-order valence-electron chi connectivity index (χ3n) is 3.25. The second-order valence-electron chi connectivity index (χ2n) is 4.61. The Morgan fingerprint density at radius 3 is 2.72 bits per heavy atom. The van der Waals surface area contributed by atoms with Crippen molar-refractivity contribution in [1.29, 1.82) is 0 Å². The lowest BCUT2D eigenvalue weighted by atomic mass is 10.0. The van der Waals surface area contributed by atoms with Crippen molar-refractivity contribution in [2.75, 3.05) is 25.5 Å². The number of nitro groups is 1. The third-order valence-corrected chi connectivity index (χ3v) is 3.55. The lowest BCUT2D eigenvalue weighted by Crippen LogP contribution is -2.36. The monoisotopic (exact) mass is 269 g/mol. The largest absolute Gasteiger partial charge is 0.377 e. The Morgan fingerprint density at radius 2 is 2.11 bits per heavy atom. The number of benzene rings is 1. The molecular formula is C12H16ClN3O2. The maximum absolute atomic E-state index is 11.0. The van der Waals surface area contributed by atoms with Gasteiger partial charge in [-0.2, -0.15) is 0 Å². The molecule has 18 heavy (non-hydrogen) atoms. The number of nitrogens with zero attached hydrogens (tertiary/aromatic N) is 2. The minimum Gasteiger partial charge on any atom is -0.377 e. The molecule has 1 fully saturated rings. The first kappa shape index (κ1) is 13.1. The Morgan fingerprint density at radius 1 is 1.44 bits per heavy atom. The highest BCUT2D eigenvalue weighted by molar-refractivity contribution is 6.33. The number of likely N-dealkylation sites (tertiary alicyclic amines) is 1. The lowest BCUT2D eigenvalue weighted by Gasteiger charge is -2.30. The third kappa shape index (κ3) is 2.91. The number of nitrogens with one attached hydrogen (secondary N) is 1. The van der Waals surface area contributed by atoms with E-state index in [1.54, 1.807) is 18.2 Å². The van der Waals surface area contributed by atoms with Crippen LogP contribution in [0.5, 0.6) is 0 Å². The molecule has 1 N–H and O–H groups in total. The van der Waals surface area contributed by atoms with Crippen molar-refractivity contribution in [1.82, 2.24) is 4.90 Å². The molecule has 0 aromatic heterocycles. The fourth-order valence-corrected chi connectivity index (χ4v) is 2.43. The van der Waals surface area contributed by atoms with Crippen molar-refractivity contribution >= 4 is 23.0 Å². The summed E-state index contributed by atoms with van der Waals surface area (Å²) < 4.78 is 0. The Kier molecular flexibility index (Phi) is 4.04. The number of anilines is 1. The molecule has 0 bridgehead atoms. The molecular weight excluding hydrogens is 254 g/mol. The summed E-state index contributed by atoms with van der Waals surface area (Å²) in [6.07, 6.45) is 1.97. The highest BCUT2D eigenvalue weighted by Gasteiger charge is 2.22. The van der Waals surface area contributed by atoms with Gasteiger partial charge in [0.25, 0.3) is 0 Å². The van der Waals surface area contributed by atoms with E-state index in [1.807, 2.05) is 0 Å². The molecule has 0 unspecified atom stereocenters. The summed E-state index contributed by atoms with van der Waals surface area (Å²) in [6, 6.07) is 5.26. The summed E-state index contributed by atoms with van der Waals surface area (Å²) in [6.45, 7) is 2.01. The second kappa shape index (κ2) is 5.54. The first-order chi connectivity index (χ1) is 8.58. The van der Waals surface area contributed by atoms with Crippen LogP contribution in [-0.2, 0) is 0 Å². The highest BCUT2D eigenvalue weighted by Crippen LogP contribution is 2.33. The summed E-state index contributed by atoms with van der Waals surface area (Å²) >= 11 is 5.88. The van der Waals surface area contributed by atoms with Crippen molar-refractivity contribution < 1.29 is 4.92 Å². The maximum atomic E-state index is 11.0. The molecule has 1 aromatic carbocycles.